The van der Waals surface area contributed by atoms with Crippen molar-refractivity contribution in [2.75, 3.05) is 7.11 Å². The number of benzene rings is 2. The first-order valence-corrected chi connectivity index (χ1v) is 9.74. The summed E-state index contributed by atoms with van der Waals surface area (Å²) in [6.45, 7) is -2.97. The minimum Gasteiger partial charge on any atom is -0.493 e. The fourth-order valence-electron chi connectivity index (χ4n) is 2.77. The van der Waals surface area contributed by atoms with Crippen LogP contribution in [0.1, 0.15) is 22.0 Å². The van der Waals surface area contributed by atoms with Crippen molar-refractivity contribution in [3.8, 4) is 11.5 Å². The number of methoxy groups -OCH3 is 1. The van der Waals surface area contributed by atoms with Crippen molar-refractivity contribution in [2.24, 2.45) is 0 Å². The second-order valence-electron chi connectivity index (χ2n) is 6.13. The first-order valence-electron chi connectivity index (χ1n) is 8.86. The van der Waals surface area contributed by atoms with Crippen molar-refractivity contribution in [2.45, 2.75) is 12.7 Å². The van der Waals surface area contributed by atoms with Crippen LogP contribution in [0, 0.1) is 5.82 Å². The fraction of sp³-hybridized carbons (Fsp3) is 0.136. The summed E-state index contributed by atoms with van der Waals surface area (Å²) < 4.78 is 47.6. The first-order chi connectivity index (χ1) is 14.5. The number of carbonyl (C=O) groups is 1. The van der Waals surface area contributed by atoms with E-state index in [0.717, 1.165) is 10.4 Å². The molecule has 4 nitrogen and oxygen atoms in total. The number of halogens is 3. The zero-order chi connectivity index (χ0) is 21.5. The summed E-state index contributed by atoms with van der Waals surface area (Å²) in [6.07, 6.45) is 2.85. The second-order valence-corrected chi connectivity index (χ2v) is 7.11. The van der Waals surface area contributed by atoms with Crippen molar-refractivity contribution in [3.63, 3.8) is 0 Å². The molecule has 3 rings (SSSR count). The Bertz CT molecular complexity index is 1000. The highest BCUT2D eigenvalue weighted by molar-refractivity contribution is 7.10. The minimum absolute atomic E-state index is 0.0943. The molecule has 0 radical (unpaired) electrons. The number of thiophene rings is 1. The first kappa shape index (κ1) is 21.4. The van der Waals surface area contributed by atoms with Gasteiger partial charge in [-0.3, -0.25) is 4.79 Å². The Morgan fingerprint density at radius 1 is 1.10 bits per heavy atom. The molecule has 0 bridgehead atoms. The zero-order valence-electron chi connectivity index (χ0n) is 15.8. The molecule has 1 unspecified atom stereocenters. The van der Waals surface area contributed by atoms with Crippen molar-refractivity contribution in [3.05, 3.63) is 87.9 Å². The van der Waals surface area contributed by atoms with Crippen molar-refractivity contribution >= 4 is 23.3 Å². The lowest BCUT2D eigenvalue weighted by Gasteiger charge is -2.17. The highest BCUT2D eigenvalue weighted by Gasteiger charge is 2.17. The molecule has 2 aromatic carbocycles. The molecule has 0 saturated heterocycles. The molecule has 0 saturated carbocycles. The summed E-state index contributed by atoms with van der Waals surface area (Å²) in [6, 6.07) is 13.6. The Morgan fingerprint density at radius 3 is 2.50 bits per heavy atom. The Labute approximate surface area is 175 Å². The van der Waals surface area contributed by atoms with Crippen LogP contribution >= 0.6 is 11.3 Å². The maximum Gasteiger partial charge on any atom is 0.387 e. The molecule has 1 heterocycles. The minimum atomic E-state index is -2.97. The molecule has 0 aliphatic heterocycles. The van der Waals surface area contributed by atoms with Gasteiger partial charge < -0.3 is 14.8 Å². The number of alkyl halides is 2. The molecular formula is C22H18F3NO3S. The number of hydrogen-bond donors (Lipinski definition) is 1. The Hall–Kier alpha value is -3.26. The Morgan fingerprint density at radius 2 is 1.87 bits per heavy atom. The fourth-order valence-corrected chi connectivity index (χ4v) is 3.58. The molecule has 1 N–H and O–H groups in total. The predicted octanol–water partition coefficient (Wildman–Crippen LogP) is 5.42. The van der Waals surface area contributed by atoms with Gasteiger partial charge in [-0.25, -0.2) is 4.39 Å². The summed E-state index contributed by atoms with van der Waals surface area (Å²) in [5.41, 5.74) is 1.31. The average Bonchev–Trinajstić information content (AvgIpc) is 3.26. The van der Waals surface area contributed by atoms with Gasteiger partial charge in [-0.05, 0) is 52.9 Å². The second kappa shape index (κ2) is 9.98. The summed E-state index contributed by atoms with van der Waals surface area (Å²) in [7, 11) is 1.34. The Kier molecular flexibility index (Phi) is 7.13. The summed E-state index contributed by atoms with van der Waals surface area (Å²) in [5, 5.41) is 4.79. The third-order valence-corrected chi connectivity index (χ3v) is 5.09. The predicted molar refractivity (Wildman–Crippen MR) is 109 cm³/mol. The van der Waals surface area contributed by atoms with Crippen LogP contribution in [0.15, 0.2) is 66.1 Å². The molecule has 1 amide bonds. The van der Waals surface area contributed by atoms with Gasteiger partial charge in [0.1, 0.15) is 5.82 Å². The number of rotatable bonds is 8. The number of ether oxygens (including phenoxy) is 2. The van der Waals surface area contributed by atoms with E-state index in [1.807, 2.05) is 17.5 Å². The van der Waals surface area contributed by atoms with Gasteiger partial charge in [0.2, 0.25) is 5.91 Å². The molecule has 0 fully saturated rings. The van der Waals surface area contributed by atoms with Gasteiger partial charge in [0, 0.05) is 11.0 Å². The molecule has 30 heavy (non-hydrogen) atoms. The largest absolute Gasteiger partial charge is 0.493 e. The van der Waals surface area contributed by atoms with Gasteiger partial charge in [-0.2, -0.15) is 8.78 Å². The lowest BCUT2D eigenvalue weighted by atomic mass is 10.1. The van der Waals surface area contributed by atoms with Gasteiger partial charge >= 0.3 is 6.61 Å². The summed E-state index contributed by atoms with van der Waals surface area (Å²) >= 11 is 1.47. The van der Waals surface area contributed by atoms with Gasteiger partial charge in [0.05, 0.1) is 13.2 Å². The van der Waals surface area contributed by atoms with Crippen LogP contribution in [0.4, 0.5) is 13.2 Å². The van der Waals surface area contributed by atoms with Crippen LogP contribution in [-0.2, 0) is 4.79 Å². The van der Waals surface area contributed by atoms with Crippen LogP contribution in [0.5, 0.6) is 11.5 Å². The van der Waals surface area contributed by atoms with Gasteiger partial charge in [0.15, 0.2) is 11.5 Å². The summed E-state index contributed by atoms with van der Waals surface area (Å²) in [4.78, 5) is 13.4. The van der Waals surface area contributed by atoms with E-state index in [1.54, 1.807) is 12.1 Å². The van der Waals surface area contributed by atoms with Crippen molar-refractivity contribution < 1.29 is 27.4 Å². The number of hydrogen-bond acceptors (Lipinski definition) is 4. The zero-order valence-corrected chi connectivity index (χ0v) is 16.7. The van der Waals surface area contributed by atoms with E-state index in [0.29, 0.717) is 5.56 Å². The normalized spacial score (nSPS) is 12.2. The van der Waals surface area contributed by atoms with E-state index in [-0.39, 0.29) is 23.2 Å². The molecule has 0 aliphatic rings. The molecule has 8 heteroatoms. The quantitative estimate of drug-likeness (QED) is 0.483. The molecule has 1 aromatic heterocycles. The standard InChI is InChI=1S/C22H18F3NO3S/c1-28-18-13-14(4-10-17(18)29-22(24)25)5-11-20(27)26-21(19-3-2-12-30-19)15-6-8-16(23)9-7-15/h2-13,21-22H,1H3,(H,26,27). The van der Waals surface area contributed by atoms with Crippen LogP contribution in [0.3, 0.4) is 0 Å². The highest BCUT2D eigenvalue weighted by Crippen LogP contribution is 2.30. The van der Waals surface area contributed by atoms with Crippen LogP contribution in [-0.4, -0.2) is 19.6 Å². The van der Waals surface area contributed by atoms with E-state index in [9.17, 15) is 18.0 Å². The SMILES string of the molecule is COc1cc(C=CC(=O)NC(c2ccc(F)cc2)c2cccs2)ccc1OC(F)F. The van der Waals surface area contributed by atoms with E-state index in [2.05, 4.69) is 10.1 Å². The average molecular weight is 433 g/mol. The van der Waals surface area contributed by atoms with Crippen LogP contribution in [0.25, 0.3) is 6.08 Å². The molecule has 0 aliphatic carbocycles. The maximum atomic E-state index is 13.3. The molecular weight excluding hydrogens is 415 g/mol. The smallest absolute Gasteiger partial charge is 0.387 e. The van der Waals surface area contributed by atoms with Gasteiger partial charge in [0.25, 0.3) is 0 Å². The number of nitrogens with one attached hydrogen (secondary N) is 1. The molecule has 1 atom stereocenters. The molecule has 156 valence electrons. The maximum absolute atomic E-state index is 13.3. The monoisotopic (exact) mass is 433 g/mol. The molecule has 3 aromatic rings. The van der Waals surface area contributed by atoms with E-state index in [4.69, 9.17) is 4.74 Å². The summed E-state index contributed by atoms with van der Waals surface area (Å²) in [5.74, 6) is -0.698. The third-order valence-electron chi connectivity index (χ3n) is 4.15. The highest BCUT2D eigenvalue weighted by atomic mass is 32.1. The molecule has 0 spiro atoms. The van der Waals surface area contributed by atoms with E-state index < -0.39 is 12.7 Å². The van der Waals surface area contributed by atoms with E-state index >= 15 is 0 Å². The Balaban J connectivity index is 1.75. The van der Waals surface area contributed by atoms with Crippen LogP contribution < -0.4 is 14.8 Å². The number of carbonyl (C=O) groups excluding carboxylic acids is 1. The number of amides is 1. The van der Waals surface area contributed by atoms with Gasteiger partial charge in [-0.15, -0.1) is 11.3 Å². The lowest BCUT2D eigenvalue weighted by molar-refractivity contribution is -0.116. The van der Waals surface area contributed by atoms with Crippen LogP contribution in [0.2, 0.25) is 0 Å². The third kappa shape index (κ3) is 5.64. The lowest BCUT2D eigenvalue weighted by Crippen LogP contribution is -2.27. The topological polar surface area (TPSA) is 47.6 Å². The van der Waals surface area contributed by atoms with Crippen molar-refractivity contribution in [1.82, 2.24) is 5.32 Å². The van der Waals surface area contributed by atoms with Gasteiger partial charge in [-0.1, -0.05) is 24.3 Å². The van der Waals surface area contributed by atoms with E-state index in [1.165, 1.54) is 60.9 Å². The van der Waals surface area contributed by atoms with Crippen molar-refractivity contribution in [1.29, 1.82) is 0 Å².